The number of carbonyl (C=O) groups excluding carboxylic acids is 1. The average molecular weight is 318 g/mol. The summed E-state index contributed by atoms with van der Waals surface area (Å²) in [6, 6.07) is 0. The van der Waals surface area contributed by atoms with Crippen LogP contribution in [-0.4, -0.2) is 13.1 Å². The third kappa shape index (κ3) is 5.40. The first-order valence-corrected chi connectivity index (χ1v) is 7.31. The Bertz CT molecular complexity index is 700. The molecule has 0 bridgehead atoms. The van der Waals surface area contributed by atoms with Crippen LogP contribution in [0.5, 0.6) is 0 Å². The second-order valence-electron chi connectivity index (χ2n) is 5.36. The van der Waals surface area contributed by atoms with E-state index < -0.39 is 5.97 Å². The minimum atomic E-state index is -0.463. The van der Waals surface area contributed by atoms with Crippen LogP contribution in [-0.2, 0) is 9.53 Å². The highest BCUT2D eigenvalue weighted by atomic mass is 19.1. The van der Waals surface area contributed by atoms with Gasteiger partial charge in [0.05, 0.1) is 7.11 Å². The van der Waals surface area contributed by atoms with Gasteiger partial charge in [0.1, 0.15) is 17.3 Å². The summed E-state index contributed by atoms with van der Waals surface area (Å²) in [4.78, 5) is 11.1. The van der Waals surface area contributed by atoms with Crippen molar-refractivity contribution in [2.75, 3.05) is 7.11 Å². The van der Waals surface area contributed by atoms with Gasteiger partial charge in [-0.25, -0.2) is 9.18 Å². The van der Waals surface area contributed by atoms with Gasteiger partial charge >= 0.3 is 5.97 Å². The van der Waals surface area contributed by atoms with Crippen LogP contribution in [0.1, 0.15) is 36.5 Å². The van der Waals surface area contributed by atoms with Gasteiger partial charge in [-0.05, 0) is 57.4 Å². The molecule has 1 heterocycles. The first-order valence-electron chi connectivity index (χ1n) is 7.31. The zero-order valence-corrected chi connectivity index (χ0v) is 14.5. The largest absolute Gasteiger partial charge is 0.466 e. The van der Waals surface area contributed by atoms with Crippen molar-refractivity contribution in [2.24, 2.45) is 0 Å². The van der Waals surface area contributed by atoms with Crippen molar-refractivity contribution in [1.82, 2.24) is 0 Å². The van der Waals surface area contributed by atoms with Gasteiger partial charge in [-0.2, -0.15) is 0 Å². The molecule has 0 aromatic carbocycles. The molecule has 1 rings (SSSR count). The molecule has 0 N–H and O–H groups in total. The van der Waals surface area contributed by atoms with Crippen molar-refractivity contribution in [3.05, 3.63) is 63.9 Å². The monoisotopic (exact) mass is 318 g/mol. The number of carbonyl (C=O) groups is 1. The fraction of sp³-hybridized carbons (Fsp3) is 0.316. The quantitative estimate of drug-likeness (QED) is 0.429. The number of ether oxygens (including phenoxy) is 1. The maximum Gasteiger partial charge on any atom is 0.330 e. The van der Waals surface area contributed by atoms with E-state index in [1.165, 1.54) is 25.3 Å². The molecule has 0 spiro atoms. The lowest BCUT2D eigenvalue weighted by atomic mass is 10.1. The molecule has 0 saturated carbocycles. The molecule has 1 aromatic rings. The Morgan fingerprint density at radius 1 is 1.09 bits per heavy atom. The van der Waals surface area contributed by atoms with E-state index in [0.717, 1.165) is 22.6 Å². The average Bonchev–Trinajstić information content (AvgIpc) is 2.75. The van der Waals surface area contributed by atoms with Crippen LogP contribution >= 0.6 is 0 Å². The van der Waals surface area contributed by atoms with Crippen molar-refractivity contribution >= 4 is 12.0 Å². The third-order valence-corrected chi connectivity index (χ3v) is 3.53. The maximum atomic E-state index is 14.1. The molecule has 0 radical (unpaired) electrons. The van der Waals surface area contributed by atoms with Crippen molar-refractivity contribution in [2.45, 2.75) is 34.6 Å². The molecular weight excluding hydrogens is 295 g/mol. The molecule has 4 heteroatoms. The third-order valence-electron chi connectivity index (χ3n) is 3.53. The smallest absolute Gasteiger partial charge is 0.330 e. The molecule has 124 valence electrons. The van der Waals surface area contributed by atoms with Crippen LogP contribution in [0.25, 0.3) is 6.08 Å². The van der Waals surface area contributed by atoms with Gasteiger partial charge in [0.15, 0.2) is 0 Å². The first-order chi connectivity index (χ1) is 10.8. The fourth-order valence-electron chi connectivity index (χ4n) is 1.97. The van der Waals surface area contributed by atoms with E-state index >= 15 is 0 Å². The molecule has 0 aliphatic carbocycles. The molecule has 0 saturated heterocycles. The summed E-state index contributed by atoms with van der Waals surface area (Å²) in [7, 11) is 1.30. The number of hydrogen-bond donors (Lipinski definition) is 0. The van der Waals surface area contributed by atoms with Gasteiger partial charge in [-0.3, -0.25) is 0 Å². The number of methoxy groups -OCH3 is 1. The summed E-state index contributed by atoms with van der Waals surface area (Å²) in [5, 5.41) is 0. The number of hydrogen-bond acceptors (Lipinski definition) is 3. The minimum absolute atomic E-state index is 0.366. The molecule has 0 aliphatic heterocycles. The van der Waals surface area contributed by atoms with Crippen LogP contribution < -0.4 is 0 Å². The Balaban J connectivity index is 2.91. The zero-order chi connectivity index (χ0) is 17.6. The standard InChI is InChI=1S/C19H23FO3/c1-12(11-19(21)22-6)7-10-18(20)13(2)8-9-17-14(3)15(4)23-16(17)5/h7-11H,1-6H3/b9-8+,10-7+,12-11+,18-13-. The summed E-state index contributed by atoms with van der Waals surface area (Å²) in [5.74, 6) is 0.855. The Morgan fingerprint density at radius 3 is 2.26 bits per heavy atom. The minimum Gasteiger partial charge on any atom is -0.466 e. The number of allylic oxidation sites excluding steroid dienone is 6. The number of halogens is 1. The van der Waals surface area contributed by atoms with E-state index in [4.69, 9.17) is 4.42 Å². The van der Waals surface area contributed by atoms with Gasteiger partial charge in [0.25, 0.3) is 0 Å². The van der Waals surface area contributed by atoms with Crippen molar-refractivity contribution in [3.63, 3.8) is 0 Å². The van der Waals surface area contributed by atoms with Gasteiger partial charge in [-0.15, -0.1) is 0 Å². The molecule has 0 fully saturated rings. The van der Waals surface area contributed by atoms with Crippen LogP contribution in [0.2, 0.25) is 0 Å². The number of aryl methyl sites for hydroxylation is 2. The SMILES string of the molecule is COC(=O)/C=C(C)/C=C/C(F)=C(C)/C=C/c1c(C)oc(C)c1C. The maximum absolute atomic E-state index is 14.1. The second kappa shape index (κ2) is 8.32. The van der Waals surface area contributed by atoms with E-state index in [1.807, 2.05) is 26.8 Å². The Labute approximate surface area is 136 Å². The summed E-state index contributed by atoms with van der Waals surface area (Å²) in [6.45, 7) is 9.15. The highest BCUT2D eigenvalue weighted by Crippen LogP contribution is 2.23. The summed E-state index contributed by atoms with van der Waals surface area (Å²) >= 11 is 0. The Kier molecular flexibility index (Phi) is 6.76. The van der Waals surface area contributed by atoms with Crippen molar-refractivity contribution in [3.8, 4) is 0 Å². The van der Waals surface area contributed by atoms with Gasteiger partial charge in [0.2, 0.25) is 0 Å². The van der Waals surface area contributed by atoms with Crippen LogP contribution in [0.15, 0.2) is 45.7 Å². The van der Waals surface area contributed by atoms with Gasteiger partial charge in [0, 0.05) is 11.6 Å². The highest BCUT2D eigenvalue weighted by molar-refractivity contribution is 5.83. The Morgan fingerprint density at radius 2 is 1.74 bits per heavy atom. The van der Waals surface area contributed by atoms with E-state index in [9.17, 15) is 9.18 Å². The highest BCUT2D eigenvalue weighted by Gasteiger charge is 2.07. The van der Waals surface area contributed by atoms with Gasteiger partial charge < -0.3 is 9.15 Å². The van der Waals surface area contributed by atoms with E-state index in [1.54, 1.807) is 19.9 Å². The summed E-state index contributed by atoms with van der Waals surface area (Å²) < 4.78 is 24.1. The molecule has 1 aromatic heterocycles. The normalized spacial score (nSPS) is 13.8. The molecule has 3 nitrogen and oxygen atoms in total. The number of esters is 1. The molecule has 0 aliphatic rings. The van der Waals surface area contributed by atoms with Gasteiger partial charge in [-0.1, -0.05) is 18.2 Å². The number of rotatable bonds is 5. The number of furan rings is 1. The molecule has 0 atom stereocenters. The van der Waals surface area contributed by atoms with Crippen LogP contribution in [0.4, 0.5) is 4.39 Å². The fourth-order valence-corrected chi connectivity index (χ4v) is 1.97. The molecule has 0 amide bonds. The summed E-state index contributed by atoms with van der Waals surface area (Å²) in [5.41, 5.74) is 3.13. The van der Waals surface area contributed by atoms with E-state index in [-0.39, 0.29) is 5.83 Å². The topological polar surface area (TPSA) is 39.4 Å². The van der Waals surface area contributed by atoms with E-state index in [2.05, 4.69) is 4.74 Å². The van der Waals surface area contributed by atoms with Crippen LogP contribution in [0, 0.1) is 20.8 Å². The van der Waals surface area contributed by atoms with Crippen LogP contribution in [0.3, 0.4) is 0 Å². The molecular formula is C19H23FO3. The molecule has 0 unspecified atom stereocenters. The predicted molar refractivity (Wildman–Crippen MR) is 90.7 cm³/mol. The lowest BCUT2D eigenvalue weighted by Crippen LogP contribution is -1.94. The summed E-state index contributed by atoms with van der Waals surface area (Å²) in [6.07, 6.45) is 7.72. The first kappa shape index (κ1) is 18.7. The predicted octanol–water partition coefficient (Wildman–Crippen LogP) is 5.14. The van der Waals surface area contributed by atoms with E-state index in [0.29, 0.717) is 11.1 Å². The zero-order valence-electron chi connectivity index (χ0n) is 14.5. The lowest BCUT2D eigenvalue weighted by molar-refractivity contribution is -0.134. The van der Waals surface area contributed by atoms with Crippen molar-refractivity contribution in [1.29, 1.82) is 0 Å². The van der Waals surface area contributed by atoms with Crippen molar-refractivity contribution < 1.29 is 18.3 Å². The Hall–Kier alpha value is -2.36. The second-order valence-corrected chi connectivity index (χ2v) is 5.36. The lowest BCUT2D eigenvalue weighted by Gasteiger charge is -1.97. The molecule has 23 heavy (non-hydrogen) atoms.